The summed E-state index contributed by atoms with van der Waals surface area (Å²) in [6, 6.07) is 3.94. The summed E-state index contributed by atoms with van der Waals surface area (Å²) < 4.78 is 0. The Bertz CT molecular complexity index is 489. The average molecular weight is 274 g/mol. The van der Waals surface area contributed by atoms with Gasteiger partial charge in [0.1, 0.15) is 5.82 Å². The van der Waals surface area contributed by atoms with Crippen LogP contribution < -0.4 is 11.3 Å². The van der Waals surface area contributed by atoms with Crippen molar-refractivity contribution in [3.8, 4) is 0 Å². The number of pyridine rings is 1. The first-order chi connectivity index (χ1) is 9.79. The van der Waals surface area contributed by atoms with Gasteiger partial charge in [-0.05, 0) is 43.7 Å². The average Bonchev–Trinajstić information content (AvgIpc) is 2.53. The van der Waals surface area contributed by atoms with Crippen LogP contribution in [0.25, 0.3) is 0 Å². The molecule has 2 atom stereocenters. The molecular formula is C15H22N4O. The van der Waals surface area contributed by atoms with Gasteiger partial charge in [-0.3, -0.25) is 4.79 Å². The van der Waals surface area contributed by atoms with Gasteiger partial charge in [0.2, 0.25) is 0 Å². The van der Waals surface area contributed by atoms with Crippen molar-refractivity contribution in [3.63, 3.8) is 0 Å². The summed E-state index contributed by atoms with van der Waals surface area (Å²) in [5, 5.41) is 0. The zero-order valence-electron chi connectivity index (χ0n) is 11.7. The van der Waals surface area contributed by atoms with Gasteiger partial charge in [0.25, 0.3) is 5.91 Å². The minimum Gasteiger partial charge on any atom is -0.335 e. The van der Waals surface area contributed by atoms with E-state index < -0.39 is 0 Å². The fourth-order valence-electron chi connectivity index (χ4n) is 3.69. The maximum absolute atomic E-state index is 12.8. The Morgan fingerprint density at radius 1 is 1.30 bits per heavy atom. The first kappa shape index (κ1) is 13.4. The fraction of sp³-hybridized carbons (Fsp3) is 0.600. The second kappa shape index (κ2) is 5.79. The van der Waals surface area contributed by atoms with Crippen LogP contribution in [0.3, 0.4) is 0 Å². The number of aromatic nitrogens is 1. The highest BCUT2D eigenvalue weighted by atomic mass is 16.2. The van der Waals surface area contributed by atoms with Crippen molar-refractivity contribution in [2.45, 2.75) is 44.6 Å². The molecule has 1 aliphatic heterocycles. The molecular weight excluding hydrogens is 252 g/mol. The molecule has 2 heterocycles. The lowest BCUT2D eigenvalue weighted by atomic mass is 9.78. The van der Waals surface area contributed by atoms with Crippen molar-refractivity contribution in [1.29, 1.82) is 0 Å². The molecule has 0 unspecified atom stereocenters. The van der Waals surface area contributed by atoms with Crippen molar-refractivity contribution in [3.05, 3.63) is 23.9 Å². The predicted molar refractivity (Wildman–Crippen MR) is 78.1 cm³/mol. The summed E-state index contributed by atoms with van der Waals surface area (Å²) >= 11 is 0. The van der Waals surface area contributed by atoms with E-state index in [1.165, 1.54) is 25.7 Å². The van der Waals surface area contributed by atoms with Gasteiger partial charge in [0.05, 0.1) is 0 Å². The number of hydrogen-bond donors (Lipinski definition) is 2. The van der Waals surface area contributed by atoms with Gasteiger partial charge in [-0.25, -0.2) is 10.8 Å². The van der Waals surface area contributed by atoms with Gasteiger partial charge in [0.15, 0.2) is 0 Å². The van der Waals surface area contributed by atoms with E-state index in [-0.39, 0.29) is 5.91 Å². The smallest absolute Gasteiger partial charge is 0.254 e. The summed E-state index contributed by atoms with van der Waals surface area (Å²) in [7, 11) is 0. The third-order valence-corrected chi connectivity index (χ3v) is 4.66. The Morgan fingerprint density at radius 3 is 2.95 bits per heavy atom. The number of nitrogen functional groups attached to an aromatic ring is 1. The molecule has 1 aromatic heterocycles. The molecule has 0 aromatic carbocycles. The summed E-state index contributed by atoms with van der Waals surface area (Å²) in [5.41, 5.74) is 3.18. The highest BCUT2D eigenvalue weighted by Crippen LogP contribution is 2.35. The molecule has 3 N–H and O–H groups in total. The minimum absolute atomic E-state index is 0.125. The molecule has 5 heteroatoms. The maximum atomic E-state index is 12.8. The Balaban J connectivity index is 1.81. The standard InChI is InChI=1S/C15H22N4O/c16-18-14-10-12(7-8-17-14)15(20)19-9-3-5-11-4-1-2-6-13(11)19/h7-8,10-11,13H,1-6,9,16H2,(H,17,18)/t11-,13-/m1/s1. The van der Waals surface area contributed by atoms with Crippen LogP contribution >= 0.6 is 0 Å². The van der Waals surface area contributed by atoms with Crippen LogP contribution in [0.4, 0.5) is 5.82 Å². The molecule has 1 saturated carbocycles. The highest BCUT2D eigenvalue weighted by molar-refractivity contribution is 5.95. The minimum atomic E-state index is 0.125. The Morgan fingerprint density at radius 2 is 2.10 bits per heavy atom. The first-order valence-corrected chi connectivity index (χ1v) is 7.53. The van der Waals surface area contributed by atoms with Crippen LogP contribution in [0.15, 0.2) is 18.3 Å². The molecule has 1 aliphatic carbocycles. The molecule has 1 amide bonds. The SMILES string of the molecule is NNc1cc(C(=O)N2CCC[C@H]3CCCC[C@H]32)ccn1. The molecule has 1 aromatic rings. The molecule has 2 aliphatic rings. The van der Waals surface area contributed by atoms with Crippen molar-refractivity contribution in [1.82, 2.24) is 9.88 Å². The van der Waals surface area contributed by atoms with Crippen molar-refractivity contribution < 1.29 is 4.79 Å². The van der Waals surface area contributed by atoms with Gasteiger partial charge >= 0.3 is 0 Å². The zero-order valence-corrected chi connectivity index (χ0v) is 11.7. The normalized spacial score (nSPS) is 25.9. The summed E-state index contributed by atoms with van der Waals surface area (Å²) in [4.78, 5) is 18.9. The summed E-state index contributed by atoms with van der Waals surface area (Å²) in [6.07, 6.45) is 9.03. The second-order valence-corrected chi connectivity index (χ2v) is 5.83. The van der Waals surface area contributed by atoms with Crippen molar-refractivity contribution in [2.75, 3.05) is 12.0 Å². The Hall–Kier alpha value is -1.62. The lowest BCUT2D eigenvalue weighted by Gasteiger charge is -2.44. The fourth-order valence-corrected chi connectivity index (χ4v) is 3.69. The number of rotatable bonds is 2. The number of amides is 1. The van der Waals surface area contributed by atoms with Gasteiger partial charge in [-0.1, -0.05) is 12.8 Å². The van der Waals surface area contributed by atoms with Crippen LogP contribution in [0.1, 0.15) is 48.9 Å². The number of anilines is 1. The van der Waals surface area contributed by atoms with E-state index in [9.17, 15) is 4.79 Å². The molecule has 3 rings (SSSR count). The third-order valence-electron chi connectivity index (χ3n) is 4.66. The number of nitrogens with zero attached hydrogens (tertiary/aromatic N) is 2. The van der Waals surface area contributed by atoms with Crippen LogP contribution in [0, 0.1) is 5.92 Å². The quantitative estimate of drug-likeness (QED) is 0.640. The Labute approximate surface area is 119 Å². The predicted octanol–water partition coefficient (Wildman–Crippen LogP) is 2.16. The van der Waals surface area contributed by atoms with E-state index in [4.69, 9.17) is 5.84 Å². The maximum Gasteiger partial charge on any atom is 0.254 e. The third kappa shape index (κ3) is 2.50. The second-order valence-electron chi connectivity index (χ2n) is 5.83. The van der Waals surface area contributed by atoms with Crippen molar-refractivity contribution >= 4 is 11.7 Å². The molecule has 0 spiro atoms. The van der Waals surface area contributed by atoms with Gasteiger partial charge < -0.3 is 10.3 Å². The van der Waals surface area contributed by atoms with Gasteiger partial charge in [-0.2, -0.15) is 0 Å². The number of likely N-dealkylation sites (tertiary alicyclic amines) is 1. The number of carbonyl (C=O) groups is 1. The van der Waals surface area contributed by atoms with E-state index in [1.807, 2.05) is 0 Å². The largest absolute Gasteiger partial charge is 0.335 e. The van der Waals surface area contributed by atoms with E-state index in [0.29, 0.717) is 23.3 Å². The molecule has 1 saturated heterocycles. The molecule has 5 nitrogen and oxygen atoms in total. The number of fused-ring (bicyclic) bond motifs is 1. The van der Waals surface area contributed by atoms with E-state index >= 15 is 0 Å². The van der Waals surface area contributed by atoms with E-state index in [0.717, 1.165) is 19.4 Å². The monoisotopic (exact) mass is 274 g/mol. The van der Waals surface area contributed by atoms with Crippen LogP contribution in [0.5, 0.6) is 0 Å². The topological polar surface area (TPSA) is 71.2 Å². The van der Waals surface area contributed by atoms with Gasteiger partial charge in [-0.15, -0.1) is 0 Å². The number of nitrogens with one attached hydrogen (secondary N) is 1. The number of piperidine rings is 1. The van der Waals surface area contributed by atoms with E-state index in [1.54, 1.807) is 18.3 Å². The zero-order chi connectivity index (χ0) is 13.9. The van der Waals surface area contributed by atoms with Crippen LogP contribution in [0.2, 0.25) is 0 Å². The Kier molecular flexibility index (Phi) is 3.87. The molecule has 108 valence electrons. The lowest BCUT2D eigenvalue weighted by molar-refractivity contribution is 0.0390. The van der Waals surface area contributed by atoms with Gasteiger partial charge in [0, 0.05) is 24.3 Å². The molecule has 20 heavy (non-hydrogen) atoms. The van der Waals surface area contributed by atoms with E-state index in [2.05, 4.69) is 15.3 Å². The number of nitrogens with two attached hydrogens (primary N) is 1. The first-order valence-electron chi connectivity index (χ1n) is 7.53. The molecule has 0 radical (unpaired) electrons. The summed E-state index contributed by atoms with van der Waals surface area (Å²) in [5.74, 6) is 6.73. The molecule has 2 fully saturated rings. The van der Waals surface area contributed by atoms with Crippen molar-refractivity contribution in [2.24, 2.45) is 11.8 Å². The molecule has 0 bridgehead atoms. The number of hydrazine groups is 1. The number of hydrogen-bond acceptors (Lipinski definition) is 4. The van der Waals surface area contributed by atoms with Crippen LogP contribution in [-0.4, -0.2) is 28.4 Å². The highest BCUT2D eigenvalue weighted by Gasteiger charge is 2.35. The summed E-state index contributed by atoms with van der Waals surface area (Å²) in [6.45, 7) is 0.883. The lowest BCUT2D eigenvalue weighted by Crippen LogP contribution is -2.49. The van der Waals surface area contributed by atoms with Crippen LogP contribution in [-0.2, 0) is 0 Å². The number of carbonyl (C=O) groups excluding carboxylic acids is 1.